The Labute approximate surface area is 93.8 Å². The molecule has 0 bridgehead atoms. The van der Waals surface area contributed by atoms with Gasteiger partial charge < -0.3 is 10.8 Å². The van der Waals surface area contributed by atoms with E-state index in [2.05, 4.69) is 4.98 Å². The minimum Gasteiger partial charge on any atom is -0.396 e. The van der Waals surface area contributed by atoms with E-state index in [1.54, 1.807) is 0 Å². The lowest BCUT2D eigenvalue weighted by molar-refractivity contribution is 0.117. The lowest BCUT2D eigenvalue weighted by Gasteiger charge is -2.36. The zero-order valence-electron chi connectivity index (χ0n) is 8.57. The third kappa shape index (κ3) is 1.89. The van der Waals surface area contributed by atoms with Crippen LogP contribution in [0.2, 0.25) is 0 Å². The molecule has 1 aliphatic rings. The second-order valence-electron chi connectivity index (χ2n) is 3.79. The zero-order chi connectivity index (χ0) is 11.8. The van der Waals surface area contributed by atoms with Gasteiger partial charge in [-0.3, -0.25) is 0 Å². The minimum atomic E-state index is -3.46. The van der Waals surface area contributed by atoms with E-state index in [1.807, 2.05) is 0 Å². The predicted octanol–water partition coefficient (Wildman–Crippen LogP) is -0.723. The molecule has 1 aliphatic heterocycles. The largest absolute Gasteiger partial charge is 0.396 e. The Morgan fingerprint density at radius 2 is 2.19 bits per heavy atom. The minimum absolute atomic E-state index is 0.0198. The van der Waals surface area contributed by atoms with E-state index in [1.165, 1.54) is 22.6 Å². The Morgan fingerprint density at radius 1 is 1.50 bits per heavy atom. The van der Waals surface area contributed by atoms with Crippen molar-refractivity contribution in [2.75, 3.05) is 25.4 Å². The van der Waals surface area contributed by atoms with E-state index in [9.17, 15) is 8.42 Å². The van der Waals surface area contributed by atoms with Gasteiger partial charge in [0, 0.05) is 31.8 Å². The maximum Gasteiger partial charge on any atom is 0.244 e. The van der Waals surface area contributed by atoms with Crippen molar-refractivity contribution in [1.82, 2.24) is 9.29 Å². The third-order valence-electron chi connectivity index (χ3n) is 2.58. The molecule has 1 aromatic heterocycles. The van der Waals surface area contributed by atoms with Crippen LogP contribution >= 0.6 is 0 Å². The van der Waals surface area contributed by atoms with Gasteiger partial charge in [-0.15, -0.1) is 0 Å². The van der Waals surface area contributed by atoms with Gasteiger partial charge in [-0.25, -0.2) is 13.4 Å². The number of rotatable bonds is 3. The monoisotopic (exact) mass is 243 g/mol. The molecule has 0 saturated carbocycles. The first-order valence-electron chi connectivity index (χ1n) is 4.86. The number of hydrogen-bond donors (Lipinski definition) is 2. The fourth-order valence-electron chi connectivity index (χ4n) is 1.53. The van der Waals surface area contributed by atoms with E-state index in [4.69, 9.17) is 10.8 Å². The Balaban J connectivity index is 2.17. The highest BCUT2D eigenvalue weighted by Gasteiger charge is 2.36. The van der Waals surface area contributed by atoms with Crippen molar-refractivity contribution in [3.8, 4) is 0 Å². The van der Waals surface area contributed by atoms with Crippen molar-refractivity contribution in [2.45, 2.75) is 4.90 Å². The summed E-state index contributed by atoms with van der Waals surface area (Å²) in [6.45, 7) is 0.748. The summed E-state index contributed by atoms with van der Waals surface area (Å²) in [6, 6.07) is 2.89. The number of sulfonamides is 1. The van der Waals surface area contributed by atoms with Gasteiger partial charge in [-0.2, -0.15) is 4.31 Å². The van der Waals surface area contributed by atoms with Crippen LogP contribution in [0.25, 0.3) is 0 Å². The second-order valence-corrected chi connectivity index (χ2v) is 5.73. The number of nitrogens with two attached hydrogens (primary N) is 1. The fourth-order valence-corrected chi connectivity index (χ4v) is 3.07. The molecule has 0 radical (unpaired) electrons. The summed E-state index contributed by atoms with van der Waals surface area (Å²) in [5.41, 5.74) is 5.38. The molecule has 0 aromatic carbocycles. The van der Waals surface area contributed by atoms with Gasteiger partial charge in [0.1, 0.15) is 10.7 Å². The summed E-state index contributed by atoms with van der Waals surface area (Å²) in [5, 5.41) is 8.83. The number of nitrogen functional groups attached to an aromatic ring is 1. The van der Waals surface area contributed by atoms with Crippen LogP contribution in [0.5, 0.6) is 0 Å². The van der Waals surface area contributed by atoms with Crippen LogP contribution in [0.1, 0.15) is 0 Å². The highest BCUT2D eigenvalue weighted by molar-refractivity contribution is 7.89. The smallest absolute Gasteiger partial charge is 0.244 e. The van der Waals surface area contributed by atoms with Crippen molar-refractivity contribution in [2.24, 2.45) is 5.92 Å². The highest BCUT2D eigenvalue weighted by Crippen LogP contribution is 2.24. The molecule has 1 saturated heterocycles. The van der Waals surface area contributed by atoms with Crippen LogP contribution in [0.4, 0.5) is 5.82 Å². The summed E-state index contributed by atoms with van der Waals surface area (Å²) in [6.07, 6.45) is 1.25. The van der Waals surface area contributed by atoms with Gasteiger partial charge >= 0.3 is 0 Å². The van der Waals surface area contributed by atoms with Gasteiger partial charge in [-0.05, 0) is 12.1 Å². The molecule has 3 N–H and O–H groups in total. The fraction of sp³-hybridized carbons (Fsp3) is 0.444. The van der Waals surface area contributed by atoms with Crippen LogP contribution < -0.4 is 5.73 Å². The number of nitrogens with zero attached hydrogens (tertiary/aromatic N) is 2. The van der Waals surface area contributed by atoms with Crippen molar-refractivity contribution < 1.29 is 13.5 Å². The van der Waals surface area contributed by atoms with Crippen LogP contribution in [-0.2, 0) is 10.0 Å². The lowest BCUT2D eigenvalue weighted by atomic mass is 10.1. The van der Waals surface area contributed by atoms with Crippen LogP contribution in [-0.4, -0.2) is 42.5 Å². The van der Waals surface area contributed by atoms with Crippen molar-refractivity contribution in [3.05, 3.63) is 18.3 Å². The first-order valence-corrected chi connectivity index (χ1v) is 6.30. The molecule has 1 aromatic rings. The Kier molecular flexibility index (Phi) is 2.83. The second kappa shape index (κ2) is 4.00. The van der Waals surface area contributed by atoms with Gasteiger partial charge in [-0.1, -0.05) is 0 Å². The number of anilines is 1. The molecule has 0 unspecified atom stereocenters. The van der Waals surface area contributed by atoms with Crippen molar-refractivity contribution >= 4 is 15.8 Å². The molecule has 7 heteroatoms. The zero-order valence-corrected chi connectivity index (χ0v) is 9.39. The molecular formula is C9H13N3O3S. The topological polar surface area (TPSA) is 96.5 Å². The molecule has 0 aliphatic carbocycles. The molecule has 6 nitrogen and oxygen atoms in total. The SMILES string of the molecule is Nc1ccc(S(=O)(=O)N2CC(CO)C2)cn1. The van der Waals surface area contributed by atoms with E-state index in [0.717, 1.165) is 0 Å². The summed E-state index contributed by atoms with van der Waals surface area (Å²) >= 11 is 0. The van der Waals surface area contributed by atoms with E-state index in [0.29, 0.717) is 13.1 Å². The Bertz CT molecular complexity index is 465. The van der Waals surface area contributed by atoms with Gasteiger partial charge in [0.05, 0.1) is 0 Å². The predicted molar refractivity (Wildman–Crippen MR) is 58.0 cm³/mol. The molecule has 0 amide bonds. The van der Waals surface area contributed by atoms with Gasteiger partial charge in [0.2, 0.25) is 10.0 Å². The summed E-state index contributed by atoms with van der Waals surface area (Å²) in [4.78, 5) is 3.89. The molecular weight excluding hydrogens is 230 g/mol. The maximum absolute atomic E-state index is 12.0. The highest BCUT2D eigenvalue weighted by atomic mass is 32.2. The normalized spacial score (nSPS) is 18.3. The summed E-state index contributed by atoms with van der Waals surface area (Å²) in [7, 11) is -3.46. The van der Waals surface area contributed by atoms with E-state index >= 15 is 0 Å². The average Bonchev–Trinajstić information content (AvgIpc) is 2.16. The molecule has 2 heterocycles. The van der Waals surface area contributed by atoms with Crippen LogP contribution in [0.15, 0.2) is 23.2 Å². The Hall–Kier alpha value is -1.18. The molecule has 2 rings (SSSR count). The number of aliphatic hydroxyl groups is 1. The van der Waals surface area contributed by atoms with Crippen molar-refractivity contribution in [1.29, 1.82) is 0 Å². The third-order valence-corrected chi connectivity index (χ3v) is 4.39. The number of hydrogen-bond acceptors (Lipinski definition) is 5. The number of aromatic nitrogens is 1. The molecule has 1 fully saturated rings. The van der Waals surface area contributed by atoms with Gasteiger partial charge in [0.25, 0.3) is 0 Å². The molecule has 88 valence electrons. The van der Waals surface area contributed by atoms with E-state index in [-0.39, 0.29) is 23.2 Å². The van der Waals surface area contributed by atoms with Gasteiger partial charge in [0.15, 0.2) is 0 Å². The lowest BCUT2D eigenvalue weighted by Crippen LogP contribution is -2.51. The molecule has 16 heavy (non-hydrogen) atoms. The number of pyridine rings is 1. The first-order chi connectivity index (χ1) is 7.54. The van der Waals surface area contributed by atoms with Crippen LogP contribution in [0.3, 0.4) is 0 Å². The van der Waals surface area contributed by atoms with Crippen LogP contribution in [0, 0.1) is 5.92 Å². The molecule has 0 spiro atoms. The molecule has 0 atom stereocenters. The first kappa shape index (κ1) is 11.3. The Morgan fingerprint density at radius 3 is 2.69 bits per heavy atom. The standard InChI is InChI=1S/C9H13N3O3S/c10-9-2-1-8(3-11-9)16(14,15)12-4-7(5-12)6-13/h1-3,7,13H,4-6H2,(H2,10,11). The summed E-state index contributed by atoms with van der Waals surface area (Å²) < 4.78 is 25.2. The van der Waals surface area contributed by atoms with Crippen molar-refractivity contribution in [3.63, 3.8) is 0 Å². The quantitative estimate of drug-likeness (QED) is 0.730. The van der Waals surface area contributed by atoms with E-state index < -0.39 is 10.0 Å². The maximum atomic E-state index is 12.0. The average molecular weight is 243 g/mol. The number of aliphatic hydroxyl groups excluding tert-OH is 1. The summed E-state index contributed by atoms with van der Waals surface area (Å²) in [5.74, 6) is 0.340.